The molecule has 0 saturated carbocycles. The second kappa shape index (κ2) is 8.78. The molecule has 28 heavy (non-hydrogen) atoms. The normalized spacial score (nSPS) is 11.4. The number of carbonyl (C=O) groups is 2. The van der Waals surface area contributed by atoms with Gasteiger partial charge in [-0.05, 0) is 41.8 Å². The third-order valence-corrected chi connectivity index (χ3v) is 5.26. The summed E-state index contributed by atoms with van der Waals surface area (Å²) in [6.45, 7) is 4.03. The lowest BCUT2D eigenvalue weighted by Crippen LogP contribution is -2.25. The summed E-state index contributed by atoms with van der Waals surface area (Å²) in [7, 11) is 0. The molecule has 6 nitrogen and oxygen atoms in total. The fourth-order valence-electron chi connectivity index (χ4n) is 3.46. The van der Waals surface area contributed by atoms with Gasteiger partial charge in [0.05, 0.1) is 0 Å². The SMILES string of the molecule is CCCCCCC(C)(c1ccc(O)c(C(=O)O)c1)c1ccc(O)c(C(=O)O)c1. The van der Waals surface area contributed by atoms with Crippen molar-refractivity contribution in [2.45, 2.75) is 51.4 Å². The van der Waals surface area contributed by atoms with E-state index < -0.39 is 17.4 Å². The van der Waals surface area contributed by atoms with Crippen LogP contribution in [-0.2, 0) is 5.41 Å². The minimum Gasteiger partial charge on any atom is -0.507 e. The van der Waals surface area contributed by atoms with Crippen molar-refractivity contribution in [2.75, 3.05) is 0 Å². The molecular weight excluding hydrogens is 360 g/mol. The third-order valence-electron chi connectivity index (χ3n) is 5.26. The van der Waals surface area contributed by atoms with Crippen LogP contribution >= 0.6 is 0 Å². The summed E-state index contributed by atoms with van der Waals surface area (Å²) in [4.78, 5) is 22.9. The van der Waals surface area contributed by atoms with E-state index in [2.05, 4.69) is 6.92 Å². The first-order chi connectivity index (χ1) is 13.2. The predicted octanol–water partition coefficient (Wildman–Crippen LogP) is 4.77. The lowest BCUT2D eigenvalue weighted by atomic mass is 9.72. The summed E-state index contributed by atoms with van der Waals surface area (Å²) in [5.74, 6) is -3.10. The van der Waals surface area contributed by atoms with Gasteiger partial charge < -0.3 is 20.4 Å². The van der Waals surface area contributed by atoms with Crippen molar-refractivity contribution >= 4 is 11.9 Å². The number of unbranched alkanes of at least 4 members (excludes halogenated alkanes) is 3. The van der Waals surface area contributed by atoms with Crippen LogP contribution in [-0.4, -0.2) is 32.4 Å². The molecular formula is C22H26O6. The maximum atomic E-state index is 11.5. The summed E-state index contributed by atoms with van der Waals surface area (Å²) in [5.41, 5.74) is 0.260. The third kappa shape index (κ3) is 4.44. The van der Waals surface area contributed by atoms with E-state index in [0.717, 1.165) is 25.7 Å². The van der Waals surface area contributed by atoms with Crippen LogP contribution in [0.5, 0.6) is 11.5 Å². The molecule has 0 fully saturated rings. The van der Waals surface area contributed by atoms with Crippen molar-refractivity contribution in [1.82, 2.24) is 0 Å². The summed E-state index contributed by atoms with van der Waals surface area (Å²) in [6.07, 6.45) is 4.68. The van der Waals surface area contributed by atoms with Crippen LogP contribution in [0.4, 0.5) is 0 Å². The van der Waals surface area contributed by atoms with Crippen LogP contribution in [0, 0.1) is 0 Å². The molecule has 0 radical (unpaired) electrons. The van der Waals surface area contributed by atoms with E-state index >= 15 is 0 Å². The number of hydrogen-bond donors (Lipinski definition) is 4. The van der Waals surface area contributed by atoms with Gasteiger partial charge in [-0.1, -0.05) is 51.7 Å². The molecule has 0 aliphatic carbocycles. The van der Waals surface area contributed by atoms with Crippen molar-refractivity contribution < 1.29 is 30.0 Å². The number of benzene rings is 2. The van der Waals surface area contributed by atoms with Crippen LogP contribution in [0.25, 0.3) is 0 Å². The van der Waals surface area contributed by atoms with Gasteiger partial charge in [0.15, 0.2) is 0 Å². The van der Waals surface area contributed by atoms with Crippen LogP contribution in [0.2, 0.25) is 0 Å². The van der Waals surface area contributed by atoms with Crippen molar-refractivity contribution in [2.24, 2.45) is 0 Å². The summed E-state index contributed by atoms with van der Waals surface area (Å²) < 4.78 is 0. The number of aromatic hydroxyl groups is 2. The number of phenols is 2. The zero-order chi connectivity index (χ0) is 20.9. The number of carboxylic acid groups (broad SMARTS) is 2. The molecule has 0 aliphatic heterocycles. The fourth-order valence-corrected chi connectivity index (χ4v) is 3.46. The fraction of sp³-hybridized carbons (Fsp3) is 0.364. The smallest absolute Gasteiger partial charge is 0.339 e. The molecule has 0 amide bonds. The average molecular weight is 386 g/mol. The Hall–Kier alpha value is -3.02. The summed E-state index contributed by atoms with van der Waals surface area (Å²) >= 11 is 0. The number of rotatable bonds is 9. The molecule has 0 heterocycles. The van der Waals surface area contributed by atoms with Gasteiger partial charge in [0.1, 0.15) is 22.6 Å². The Morgan fingerprint density at radius 3 is 1.68 bits per heavy atom. The highest BCUT2D eigenvalue weighted by atomic mass is 16.4. The Bertz CT molecular complexity index is 808. The van der Waals surface area contributed by atoms with Crippen molar-refractivity contribution in [3.8, 4) is 11.5 Å². The van der Waals surface area contributed by atoms with Gasteiger partial charge in [0, 0.05) is 5.41 Å². The van der Waals surface area contributed by atoms with Crippen molar-refractivity contribution in [3.05, 3.63) is 58.7 Å². The van der Waals surface area contributed by atoms with E-state index in [1.807, 2.05) is 6.92 Å². The maximum Gasteiger partial charge on any atom is 0.339 e. The van der Waals surface area contributed by atoms with Crippen LogP contribution in [0.1, 0.15) is 77.8 Å². The number of aromatic carboxylic acids is 2. The standard InChI is InChI=1S/C22H26O6/c1-3-4-5-6-11-22(2,14-7-9-18(23)16(12-14)20(25)26)15-8-10-19(24)17(13-15)21(27)28/h7-10,12-13,23-24H,3-6,11H2,1-2H3,(H,25,26)(H,27,28). The van der Waals surface area contributed by atoms with Gasteiger partial charge in [-0.25, -0.2) is 9.59 Å². The molecule has 2 aromatic rings. The first kappa shape index (κ1) is 21.3. The lowest BCUT2D eigenvalue weighted by molar-refractivity contribution is 0.0682. The second-order valence-electron chi connectivity index (χ2n) is 7.22. The second-order valence-corrected chi connectivity index (χ2v) is 7.22. The maximum absolute atomic E-state index is 11.5. The lowest BCUT2D eigenvalue weighted by Gasteiger charge is -2.32. The molecule has 0 aliphatic rings. The first-order valence-corrected chi connectivity index (χ1v) is 9.34. The Morgan fingerprint density at radius 1 is 0.821 bits per heavy atom. The molecule has 4 N–H and O–H groups in total. The molecule has 0 unspecified atom stereocenters. The van der Waals surface area contributed by atoms with Gasteiger partial charge in [-0.3, -0.25) is 0 Å². The molecule has 6 heteroatoms. The Kier molecular flexibility index (Phi) is 6.67. The molecule has 2 aromatic carbocycles. The van der Waals surface area contributed by atoms with E-state index in [4.69, 9.17) is 0 Å². The highest BCUT2D eigenvalue weighted by molar-refractivity contribution is 5.92. The van der Waals surface area contributed by atoms with Crippen LogP contribution in [0.15, 0.2) is 36.4 Å². The number of hydrogen-bond acceptors (Lipinski definition) is 4. The monoisotopic (exact) mass is 386 g/mol. The molecule has 2 rings (SSSR count). The number of carboxylic acids is 2. The predicted molar refractivity (Wildman–Crippen MR) is 105 cm³/mol. The highest BCUT2D eigenvalue weighted by Gasteiger charge is 2.31. The average Bonchev–Trinajstić information content (AvgIpc) is 2.65. The quantitative estimate of drug-likeness (QED) is 0.461. The van der Waals surface area contributed by atoms with Gasteiger partial charge in [-0.15, -0.1) is 0 Å². The Labute approximate surface area is 164 Å². The topological polar surface area (TPSA) is 115 Å². The van der Waals surface area contributed by atoms with E-state index in [-0.39, 0.29) is 22.6 Å². The van der Waals surface area contributed by atoms with Gasteiger partial charge in [0.2, 0.25) is 0 Å². The largest absolute Gasteiger partial charge is 0.507 e. The minimum absolute atomic E-state index is 0.200. The van der Waals surface area contributed by atoms with Crippen molar-refractivity contribution in [1.29, 1.82) is 0 Å². The zero-order valence-corrected chi connectivity index (χ0v) is 16.1. The molecule has 0 atom stereocenters. The molecule has 0 bridgehead atoms. The molecule has 0 aromatic heterocycles. The zero-order valence-electron chi connectivity index (χ0n) is 16.1. The van der Waals surface area contributed by atoms with E-state index in [1.54, 1.807) is 12.1 Å². The highest BCUT2D eigenvalue weighted by Crippen LogP contribution is 2.40. The molecule has 0 spiro atoms. The Morgan fingerprint density at radius 2 is 1.29 bits per heavy atom. The van der Waals surface area contributed by atoms with Gasteiger partial charge in [0.25, 0.3) is 0 Å². The van der Waals surface area contributed by atoms with E-state index in [1.165, 1.54) is 24.3 Å². The minimum atomic E-state index is -1.23. The Balaban J connectivity index is 2.58. The van der Waals surface area contributed by atoms with Gasteiger partial charge >= 0.3 is 11.9 Å². The first-order valence-electron chi connectivity index (χ1n) is 9.34. The summed E-state index contributed by atoms with van der Waals surface area (Å²) in [5, 5.41) is 38.4. The van der Waals surface area contributed by atoms with Gasteiger partial charge in [-0.2, -0.15) is 0 Å². The van der Waals surface area contributed by atoms with E-state index in [9.17, 15) is 30.0 Å². The van der Waals surface area contributed by atoms with E-state index in [0.29, 0.717) is 17.5 Å². The van der Waals surface area contributed by atoms with Crippen LogP contribution < -0.4 is 0 Å². The molecule has 150 valence electrons. The summed E-state index contributed by atoms with van der Waals surface area (Å²) in [6, 6.07) is 8.89. The van der Waals surface area contributed by atoms with Crippen LogP contribution in [0.3, 0.4) is 0 Å². The molecule has 0 saturated heterocycles. The van der Waals surface area contributed by atoms with Crippen molar-refractivity contribution in [3.63, 3.8) is 0 Å².